The van der Waals surface area contributed by atoms with Crippen LogP contribution in [0.15, 0.2) is 24.3 Å². The standard InChI is InChI=1S/C14H19FN2O.ClH/c1-10(9-16)17-13(18)14(6-3-7-14)11-4-2-5-12(15)8-11;/h2,4-5,8,10H,3,6-7,9,16H2,1H3,(H,17,18);1H/t10-;/m0./s1. The molecule has 0 bridgehead atoms. The molecule has 1 aliphatic rings. The molecule has 0 aliphatic heterocycles. The second kappa shape index (κ2) is 6.35. The molecule has 0 spiro atoms. The second-order valence-corrected chi connectivity index (χ2v) is 5.06. The molecule has 1 aliphatic carbocycles. The molecule has 5 heteroatoms. The van der Waals surface area contributed by atoms with Gasteiger partial charge in [-0.15, -0.1) is 12.4 Å². The summed E-state index contributed by atoms with van der Waals surface area (Å²) in [6.07, 6.45) is 2.56. The lowest BCUT2D eigenvalue weighted by Crippen LogP contribution is -2.52. The van der Waals surface area contributed by atoms with E-state index in [1.54, 1.807) is 6.07 Å². The summed E-state index contributed by atoms with van der Waals surface area (Å²) in [5, 5.41) is 2.90. The fourth-order valence-corrected chi connectivity index (χ4v) is 2.38. The van der Waals surface area contributed by atoms with Crippen LogP contribution < -0.4 is 11.1 Å². The molecule has 3 nitrogen and oxygen atoms in total. The zero-order valence-corrected chi connectivity index (χ0v) is 11.8. The second-order valence-electron chi connectivity index (χ2n) is 5.06. The third-order valence-electron chi connectivity index (χ3n) is 3.75. The van der Waals surface area contributed by atoms with Crippen LogP contribution in [0.25, 0.3) is 0 Å². The summed E-state index contributed by atoms with van der Waals surface area (Å²) in [6.45, 7) is 2.28. The maximum atomic E-state index is 13.3. The van der Waals surface area contributed by atoms with Crippen molar-refractivity contribution in [2.75, 3.05) is 6.54 Å². The van der Waals surface area contributed by atoms with Crippen LogP contribution in [0.2, 0.25) is 0 Å². The average molecular weight is 287 g/mol. The first-order chi connectivity index (χ1) is 8.58. The number of hydrogen-bond donors (Lipinski definition) is 2. The van der Waals surface area contributed by atoms with Crippen molar-refractivity contribution >= 4 is 18.3 Å². The Labute approximate surface area is 119 Å². The van der Waals surface area contributed by atoms with E-state index in [2.05, 4.69) is 5.32 Å². The fourth-order valence-electron chi connectivity index (χ4n) is 2.38. The van der Waals surface area contributed by atoms with E-state index in [0.29, 0.717) is 6.54 Å². The molecule has 0 saturated heterocycles. The number of carbonyl (C=O) groups excluding carboxylic acids is 1. The van der Waals surface area contributed by atoms with Crippen molar-refractivity contribution < 1.29 is 9.18 Å². The molecule has 1 aromatic carbocycles. The predicted molar refractivity (Wildman–Crippen MR) is 75.8 cm³/mol. The maximum absolute atomic E-state index is 13.3. The summed E-state index contributed by atoms with van der Waals surface area (Å²) in [4.78, 5) is 12.3. The van der Waals surface area contributed by atoms with Crippen LogP contribution in [0.3, 0.4) is 0 Å². The highest BCUT2D eigenvalue weighted by Gasteiger charge is 2.45. The lowest BCUT2D eigenvalue weighted by atomic mass is 9.63. The Balaban J connectivity index is 0.00000180. The number of benzene rings is 1. The molecule has 1 atom stereocenters. The SMILES string of the molecule is C[C@@H](CN)NC(=O)C1(c2cccc(F)c2)CCC1.Cl. The topological polar surface area (TPSA) is 55.1 Å². The first-order valence-electron chi connectivity index (χ1n) is 6.35. The maximum Gasteiger partial charge on any atom is 0.230 e. The van der Waals surface area contributed by atoms with Crippen LogP contribution in [-0.4, -0.2) is 18.5 Å². The van der Waals surface area contributed by atoms with Gasteiger partial charge in [-0.1, -0.05) is 18.6 Å². The number of hydrogen-bond acceptors (Lipinski definition) is 2. The lowest BCUT2D eigenvalue weighted by molar-refractivity contribution is -0.130. The number of carbonyl (C=O) groups is 1. The third kappa shape index (κ3) is 3.07. The summed E-state index contributed by atoms with van der Waals surface area (Å²) >= 11 is 0. The number of nitrogens with one attached hydrogen (secondary N) is 1. The summed E-state index contributed by atoms with van der Waals surface area (Å²) in [5.41, 5.74) is 5.73. The van der Waals surface area contributed by atoms with Crippen molar-refractivity contribution in [2.24, 2.45) is 5.73 Å². The lowest BCUT2D eigenvalue weighted by Gasteiger charge is -2.41. The van der Waals surface area contributed by atoms with E-state index in [0.717, 1.165) is 24.8 Å². The van der Waals surface area contributed by atoms with Gasteiger partial charge in [0.25, 0.3) is 0 Å². The molecule has 0 unspecified atom stereocenters. The summed E-state index contributed by atoms with van der Waals surface area (Å²) in [7, 11) is 0. The van der Waals surface area contributed by atoms with E-state index in [9.17, 15) is 9.18 Å². The van der Waals surface area contributed by atoms with E-state index in [1.807, 2.05) is 13.0 Å². The summed E-state index contributed by atoms with van der Waals surface area (Å²) in [5.74, 6) is -0.323. The number of nitrogens with two attached hydrogens (primary N) is 1. The molecular formula is C14H20ClFN2O. The Morgan fingerprint density at radius 3 is 2.68 bits per heavy atom. The van der Waals surface area contributed by atoms with Crippen molar-refractivity contribution in [3.63, 3.8) is 0 Å². The first-order valence-corrected chi connectivity index (χ1v) is 6.35. The van der Waals surface area contributed by atoms with Gasteiger partial charge >= 0.3 is 0 Å². The normalized spacial score (nSPS) is 17.8. The smallest absolute Gasteiger partial charge is 0.230 e. The van der Waals surface area contributed by atoms with Gasteiger partial charge in [0, 0.05) is 12.6 Å². The molecule has 1 amide bonds. The highest BCUT2D eigenvalue weighted by atomic mass is 35.5. The number of halogens is 2. The van der Waals surface area contributed by atoms with E-state index < -0.39 is 5.41 Å². The molecule has 1 aromatic rings. The van der Waals surface area contributed by atoms with Gasteiger partial charge in [0.15, 0.2) is 0 Å². The Morgan fingerprint density at radius 1 is 1.53 bits per heavy atom. The fraction of sp³-hybridized carbons (Fsp3) is 0.500. The van der Waals surface area contributed by atoms with Gasteiger partial charge in [0.2, 0.25) is 5.91 Å². The highest BCUT2D eigenvalue weighted by Crippen LogP contribution is 2.44. The van der Waals surface area contributed by atoms with Crippen LogP contribution in [0, 0.1) is 5.82 Å². The molecule has 1 saturated carbocycles. The molecule has 0 heterocycles. The van der Waals surface area contributed by atoms with Gasteiger partial charge in [-0.2, -0.15) is 0 Å². The molecule has 3 N–H and O–H groups in total. The molecule has 19 heavy (non-hydrogen) atoms. The molecule has 1 fully saturated rings. The van der Waals surface area contributed by atoms with Crippen molar-refractivity contribution in [1.29, 1.82) is 0 Å². The highest BCUT2D eigenvalue weighted by molar-refractivity contribution is 5.89. The zero-order valence-electron chi connectivity index (χ0n) is 11.0. The third-order valence-corrected chi connectivity index (χ3v) is 3.75. The van der Waals surface area contributed by atoms with Crippen LogP contribution in [0.4, 0.5) is 4.39 Å². The average Bonchev–Trinajstić information content (AvgIpc) is 2.27. The van der Waals surface area contributed by atoms with Gasteiger partial charge in [0.1, 0.15) is 5.82 Å². The summed E-state index contributed by atoms with van der Waals surface area (Å²) in [6, 6.07) is 6.30. The van der Waals surface area contributed by atoms with Gasteiger partial charge in [-0.05, 0) is 37.5 Å². The van der Waals surface area contributed by atoms with Crippen LogP contribution in [0.1, 0.15) is 31.7 Å². The molecular weight excluding hydrogens is 267 g/mol. The van der Waals surface area contributed by atoms with E-state index in [4.69, 9.17) is 5.73 Å². The van der Waals surface area contributed by atoms with Crippen LogP contribution in [-0.2, 0) is 10.2 Å². The van der Waals surface area contributed by atoms with Crippen molar-refractivity contribution in [1.82, 2.24) is 5.32 Å². The number of rotatable bonds is 4. The van der Waals surface area contributed by atoms with E-state index in [1.165, 1.54) is 12.1 Å². The molecule has 106 valence electrons. The minimum Gasteiger partial charge on any atom is -0.352 e. The monoisotopic (exact) mass is 286 g/mol. The van der Waals surface area contributed by atoms with Gasteiger partial charge < -0.3 is 11.1 Å². The molecule has 2 rings (SSSR count). The minimum absolute atomic E-state index is 0. The van der Waals surface area contributed by atoms with E-state index >= 15 is 0 Å². The van der Waals surface area contributed by atoms with Gasteiger partial charge in [0.05, 0.1) is 5.41 Å². The molecule has 0 aromatic heterocycles. The van der Waals surface area contributed by atoms with Crippen molar-refractivity contribution in [3.05, 3.63) is 35.6 Å². The van der Waals surface area contributed by atoms with Gasteiger partial charge in [-0.25, -0.2) is 4.39 Å². The Kier molecular flexibility index (Phi) is 5.32. The van der Waals surface area contributed by atoms with Crippen LogP contribution in [0.5, 0.6) is 0 Å². The Hall–Kier alpha value is -1.13. The van der Waals surface area contributed by atoms with Crippen molar-refractivity contribution in [2.45, 2.75) is 37.6 Å². The van der Waals surface area contributed by atoms with Crippen LogP contribution >= 0.6 is 12.4 Å². The first kappa shape index (κ1) is 15.9. The molecule has 0 radical (unpaired) electrons. The van der Waals surface area contributed by atoms with E-state index in [-0.39, 0.29) is 30.2 Å². The Morgan fingerprint density at radius 2 is 2.21 bits per heavy atom. The number of amides is 1. The summed E-state index contributed by atoms with van der Waals surface area (Å²) < 4.78 is 13.3. The zero-order chi connectivity index (χ0) is 13.2. The van der Waals surface area contributed by atoms with Crippen molar-refractivity contribution in [3.8, 4) is 0 Å². The minimum atomic E-state index is -0.550. The quantitative estimate of drug-likeness (QED) is 0.891. The largest absolute Gasteiger partial charge is 0.352 e. The Bertz CT molecular complexity index is 449. The predicted octanol–water partition coefficient (Wildman–Crippen LogP) is 2.13. The van der Waals surface area contributed by atoms with Gasteiger partial charge in [-0.3, -0.25) is 4.79 Å².